The fraction of sp³-hybridized carbons (Fsp3) is 0.438. The maximum Gasteiger partial charge on any atom is 0.261 e. The number of benzene rings is 1. The first-order chi connectivity index (χ1) is 9.83. The molecule has 1 heterocycles. The highest BCUT2D eigenvalue weighted by atomic mass is 32.1. The first kappa shape index (κ1) is 15.9. The van der Waals surface area contributed by atoms with Crippen molar-refractivity contribution >= 4 is 27.3 Å². The van der Waals surface area contributed by atoms with Gasteiger partial charge in [0.25, 0.3) is 5.91 Å². The molecule has 1 amide bonds. The van der Waals surface area contributed by atoms with Crippen molar-refractivity contribution in [2.75, 3.05) is 6.54 Å². The van der Waals surface area contributed by atoms with E-state index >= 15 is 0 Å². The van der Waals surface area contributed by atoms with Gasteiger partial charge in [-0.25, -0.2) is 4.39 Å². The van der Waals surface area contributed by atoms with E-state index in [9.17, 15) is 9.18 Å². The maximum atomic E-state index is 13.2. The molecule has 0 aliphatic heterocycles. The highest BCUT2D eigenvalue weighted by molar-refractivity contribution is 7.20. The number of carbonyl (C=O) groups is 1. The molecule has 3 N–H and O–H groups in total. The molecular weight excluding hydrogens is 287 g/mol. The number of amides is 1. The summed E-state index contributed by atoms with van der Waals surface area (Å²) in [4.78, 5) is 13.0. The third kappa shape index (κ3) is 3.80. The average Bonchev–Trinajstić information content (AvgIpc) is 2.80. The van der Waals surface area contributed by atoms with Crippen molar-refractivity contribution in [2.24, 2.45) is 11.7 Å². The van der Waals surface area contributed by atoms with Crippen molar-refractivity contribution in [2.45, 2.75) is 32.7 Å². The number of fused-ring (bicyclic) bond motifs is 1. The van der Waals surface area contributed by atoms with Gasteiger partial charge in [-0.2, -0.15) is 0 Å². The molecule has 1 aromatic heterocycles. The highest BCUT2D eigenvalue weighted by Gasteiger charge is 2.27. The summed E-state index contributed by atoms with van der Waals surface area (Å²) in [5, 5.41) is 3.90. The van der Waals surface area contributed by atoms with Crippen LogP contribution in [0.5, 0.6) is 0 Å². The SMILES string of the molecule is CC(C)CC(C)(CN)NC(=O)c1cc2ccc(F)cc2s1. The molecule has 0 aliphatic rings. The molecule has 0 bridgehead atoms. The molecule has 114 valence electrons. The molecule has 1 atom stereocenters. The number of thiophene rings is 1. The summed E-state index contributed by atoms with van der Waals surface area (Å²) < 4.78 is 14.0. The molecule has 1 aromatic carbocycles. The Morgan fingerprint density at radius 3 is 2.76 bits per heavy atom. The van der Waals surface area contributed by atoms with E-state index in [4.69, 9.17) is 5.73 Å². The summed E-state index contributed by atoms with van der Waals surface area (Å²) in [6.07, 6.45) is 0.814. The van der Waals surface area contributed by atoms with E-state index in [0.717, 1.165) is 16.5 Å². The molecule has 1 unspecified atom stereocenters. The largest absolute Gasteiger partial charge is 0.345 e. The van der Waals surface area contributed by atoms with Gasteiger partial charge in [0.15, 0.2) is 0 Å². The van der Waals surface area contributed by atoms with Crippen LogP contribution in [0.25, 0.3) is 10.1 Å². The Hall–Kier alpha value is -1.46. The van der Waals surface area contributed by atoms with E-state index in [0.29, 0.717) is 17.3 Å². The van der Waals surface area contributed by atoms with E-state index in [-0.39, 0.29) is 11.7 Å². The van der Waals surface area contributed by atoms with Crippen LogP contribution in [0.1, 0.15) is 36.9 Å². The van der Waals surface area contributed by atoms with Crippen LogP contribution in [0.3, 0.4) is 0 Å². The lowest BCUT2D eigenvalue weighted by atomic mass is 9.90. The van der Waals surface area contributed by atoms with E-state index in [1.807, 2.05) is 6.92 Å². The normalized spacial score (nSPS) is 14.4. The van der Waals surface area contributed by atoms with Crippen LogP contribution in [-0.2, 0) is 0 Å². The topological polar surface area (TPSA) is 55.1 Å². The van der Waals surface area contributed by atoms with E-state index in [2.05, 4.69) is 19.2 Å². The van der Waals surface area contributed by atoms with Crippen LogP contribution in [-0.4, -0.2) is 18.0 Å². The number of carbonyl (C=O) groups excluding carboxylic acids is 1. The first-order valence-corrected chi connectivity index (χ1v) is 7.86. The zero-order valence-corrected chi connectivity index (χ0v) is 13.4. The lowest BCUT2D eigenvalue weighted by Gasteiger charge is -2.31. The summed E-state index contributed by atoms with van der Waals surface area (Å²) >= 11 is 1.30. The third-order valence-corrected chi connectivity index (χ3v) is 4.53. The maximum absolute atomic E-state index is 13.2. The lowest BCUT2D eigenvalue weighted by molar-refractivity contribution is 0.0902. The zero-order chi connectivity index (χ0) is 15.6. The summed E-state index contributed by atoms with van der Waals surface area (Å²) in [6.45, 7) is 6.54. The summed E-state index contributed by atoms with van der Waals surface area (Å²) in [7, 11) is 0. The number of halogens is 1. The molecular formula is C16H21FN2OS. The molecule has 2 aromatic rings. The van der Waals surface area contributed by atoms with Crippen molar-refractivity contribution in [1.82, 2.24) is 5.32 Å². The van der Waals surface area contributed by atoms with Gasteiger partial charge in [0.2, 0.25) is 0 Å². The summed E-state index contributed by atoms with van der Waals surface area (Å²) in [6, 6.07) is 6.34. The molecule has 0 radical (unpaired) electrons. The number of hydrogen-bond donors (Lipinski definition) is 2. The predicted molar refractivity (Wildman–Crippen MR) is 86.2 cm³/mol. The first-order valence-electron chi connectivity index (χ1n) is 7.05. The van der Waals surface area contributed by atoms with Gasteiger partial charge in [0.05, 0.1) is 10.4 Å². The predicted octanol–water partition coefficient (Wildman–Crippen LogP) is 3.53. The molecule has 0 saturated carbocycles. The van der Waals surface area contributed by atoms with Gasteiger partial charge in [-0.1, -0.05) is 19.9 Å². The van der Waals surface area contributed by atoms with Crippen LogP contribution < -0.4 is 11.1 Å². The molecule has 2 rings (SSSR count). The Labute approximate surface area is 128 Å². The summed E-state index contributed by atoms with van der Waals surface area (Å²) in [5.41, 5.74) is 5.39. The smallest absolute Gasteiger partial charge is 0.261 e. The standard InChI is InChI=1S/C16H21FN2OS/c1-10(2)8-16(3,9-18)19-15(20)14-6-11-4-5-12(17)7-13(11)21-14/h4-7,10H,8-9,18H2,1-3H3,(H,19,20). The van der Waals surface area contributed by atoms with Gasteiger partial charge in [-0.05, 0) is 42.8 Å². The Morgan fingerprint density at radius 2 is 2.14 bits per heavy atom. The van der Waals surface area contributed by atoms with Gasteiger partial charge in [-0.15, -0.1) is 11.3 Å². The number of nitrogens with two attached hydrogens (primary N) is 1. The van der Waals surface area contributed by atoms with Crippen molar-refractivity contribution in [3.8, 4) is 0 Å². The number of rotatable bonds is 5. The van der Waals surface area contributed by atoms with Gasteiger partial charge in [0, 0.05) is 11.2 Å². The molecule has 0 fully saturated rings. The van der Waals surface area contributed by atoms with Crippen LogP contribution in [0.4, 0.5) is 4.39 Å². The Morgan fingerprint density at radius 1 is 1.43 bits per heavy atom. The monoisotopic (exact) mass is 308 g/mol. The van der Waals surface area contributed by atoms with Gasteiger partial charge in [0.1, 0.15) is 5.82 Å². The molecule has 5 heteroatoms. The van der Waals surface area contributed by atoms with Crippen LogP contribution in [0, 0.1) is 11.7 Å². The fourth-order valence-electron chi connectivity index (χ4n) is 2.54. The molecule has 0 saturated heterocycles. The minimum atomic E-state index is -0.424. The second kappa shape index (κ2) is 6.12. The van der Waals surface area contributed by atoms with Crippen LogP contribution in [0.15, 0.2) is 24.3 Å². The Kier molecular flexibility index (Phi) is 4.64. The fourth-order valence-corrected chi connectivity index (χ4v) is 3.52. The van der Waals surface area contributed by atoms with Crippen LogP contribution in [0.2, 0.25) is 0 Å². The molecule has 0 spiro atoms. The van der Waals surface area contributed by atoms with E-state index < -0.39 is 5.54 Å². The quantitative estimate of drug-likeness (QED) is 0.887. The Balaban J connectivity index is 2.21. The second-order valence-electron chi connectivity index (χ2n) is 6.11. The van der Waals surface area contributed by atoms with Gasteiger partial charge < -0.3 is 11.1 Å². The van der Waals surface area contributed by atoms with E-state index in [1.165, 1.54) is 23.5 Å². The highest BCUT2D eigenvalue weighted by Crippen LogP contribution is 2.27. The number of nitrogens with one attached hydrogen (secondary N) is 1. The minimum Gasteiger partial charge on any atom is -0.345 e. The molecule has 21 heavy (non-hydrogen) atoms. The zero-order valence-electron chi connectivity index (χ0n) is 12.6. The Bertz CT molecular complexity index is 653. The van der Waals surface area contributed by atoms with Crippen molar-refractivity contribution in [3.63, 3.8) is 0 Å². The van der Waals surface area contributed by atoms with Gasteiger partial charge >= 0.3 is 0 Å². The lowest BCUT2D eigenvalue weighted by Crippen LogP contribution is -2.52. The third-order valence-electron chi connectivity index (χ3n) is 3.43. The van der Waals surface area contributed by atoms with Crippen molar-refractivity contribution in [3.05, 3.63) is 35.0 Å². The van der Waals surface area contributed by atoms with Crippen molar-refractivity contribution in [1.29, 1.82) is 0 Å². The number of hydrogen-bond acceptors (Lipinski definition) is 3. The molecule has 3 nitrogen and oxygen atoms in total. The van der Waals surface area contributed by atoms with E-state index in [1.54, 1.807) is 12.1 Å². The molecule has 0 aliphatic carbocycles. The summed E-state index contributed by atoms with van der Waals surface area (Å²) in [5.74, 6) is 0.00322. The minimum absolute atomic E-state index is 0.148. The van der Waals surface area contributed by atoms with Gasteiger partial charge in [-0.3, -0.25) is 4.79 Å². The average molecular weight is 308 g/mol. The van der Waals surface area contributed by atoms with Crippen molar-refractivity contribution < 1.29 is 9.18 Å². The second-order valence-corrected chi connectivity index (χ2v) is 7.19. The van der Waals surface area contributed by atoms with Crippen LogP contribution >= 0.6 is 11.3 Å².